The maximum atomic E-state index is 14.0. The molecule has 170 valence electrons. The van der Waals surface area contributed by atoms with E-state index >= 15 is 0 Å². The molecule has 2 aromatic carbocycles. The minimum atomic E-state index is -4.61. The lowest BCUT2D eigenvalue weighted by molar-refractivity contribution is -0.153. The predicted octanol–water partition coefficient (Wildman–Crippen LogP) is 4.26. The quantitative estimate of drug-likeness (QED) is 0.583. The van der Waals surface area contributed by atoms with Crippen molar-refractivity contribution in [2.24, 2.45) is 0 Å². The fourth-order valence-corrected chi connectivity index (χ4v) is 4.74. The number of benzene rings is 2. The first-order valence-corrected chi connectivity index (χ1v) is 10.1. The second kappa shape index (κ2) is 6.60. The Bertz CT molecular complexity index is 1300. The molecule has 0 radical (unpaired) electrons. The van der Waals surface area contributed by atoms with Gasteiger partial charge in [0.1, 0.15) is 29.3 Å². The maximum absolute atomic E-state index is 14.0. The number of carbonyl (C=O) groups excluding carboxylic acids is 1. The van der Waals surface area contributed by atoms with Crippen molar-refractivity contribution in [3.63, 3.8) is 0 Å². The van der Waals surface area contributed by atoms with E-state index in [2.05, 4.69) is 0 Å². The Hall–Kier alpha value is -3.82. The van der Waals surface area contributed by atoms with Crippen LogP contribution in [0.3, 0.4) is 0 Å². The van der Waals surface area contributed by atoms with E-state index in [-0.39, 0.29) is 31.6 Å². The van der Waals surface area contributed by atoms with E-state index in [1.807, 2.05) is 0 Å². The van der Waals surface area contributed by atoms with Gasteiger partial charge in [0.2, 0.25) is 18.5 Å². The molecular formula is C23H16F3NO6. The van der Waals surface area contributed by atoms with Gasteiger partial charge in [-0.2, -0.15) is 13.2 Å². The highest BCUT2D eigenvalue weighted by Gasteiger charge is 2.59. The van der Waals surface area contributed by atoms with Crippen LogP contribution in [-0.4, -0.2) is 26.4 Å². The molecule has 4 heterocycles. The molecule has 3 aromatic rings. The van der Waals surface area contributed by atoms with Crippen LogP contribution in [0, 0.1) is 0 Å². The van der Waals surface area contributed by atoms with E-state index in [0.717, 1.165) is 6.07 Å². The molecule has 1 spiro atoms. The van der Waals surface area contributed by atoms with E-state index in [1.54, 1.807) is 30.3 Å². The number of fused-ring (bicyclic) bond motifs is 5. The lowest BCUT2D eigenvalue weighted by atomic mass is 9.76. The van der Waals surface area contributed by atoms with E-state index < -0.39 is 17.4 Å². The summed E-state index contributed by atoms with van der Waals surface area (Å²) in [6, 6.07) is 10.7. The van der Waals surface area contributed by atoms with Gasteiger partial charge in [0.25, 0.3) is 0 Å². The Morgan fingerprint density at radius 2 is 1.85 bits per heavy atom. The largest absolute Gasteiger partial charge is 0.496 e. The third-order valence-electron chi connectivity index (χ3n) is 6.19. The minimum absolute atomic E-state index is 0.000110. The highest BCUT2D eigenvalue weighted by Crippen LogP contribution is 2.57. The van der Waals surface area contributed by atoms with E-state index in [9.17, 15) is 18.0 Å². The van der Waals surface area contributed by atoms with Crippen molar-refractivity contribution in [1.29, 1.82) is 0 Å². The summed E-state index contributed by atoms with van der Waals surface area (Å²) in [6.07, 6.45) is -4.61. The van der Waals surface area contributed by atoms with Gasteiger partial charge in [-0.15, -0.1) is 0 Å². The molecular weight excluding hydrogens is 443 g/mol. The number of hydrogen-bond donors (Lipinski definition) is 0. The van der Waals surface area contributed by atoms with E-state index in [0.29, 0.717) is 39.8 Å². The zero-order chi connectivity index (χ0) is 23.0. The second-order valence-electron chi connectivity index (χ2n) is 7.91. The number of nitrogens with zero attached hydrogens (tertiary/aromatic N) is 1. The first-order valence-electron chi connectivity index (χ1n) is 10.1. The summed E-state index contributed by atoms with van der Waals surface area (Å²) in [5.41, 5.74) is 0.425. The number of hydrogen-bond acceptors (Lipinski definition) is 6. The van der Waals surface area contributed by atoms with E-state index in [1.165, 1.54) is 18.1 Å². The zero-order valence-electron chi connectivity index (χ0n) is 17.2. The number of methoxy groups -OCH3 is 1. The van der Waals surface area contributed by atoms with Gasteiger partial charge in [-0.05, 0) is 30.3 Å². The van der Waals surface area contributed by atoms with Gasteiger partial charge in [0.15, 0.2) is 11.5 Å². The average Bonchev–Trinajstić information content (AvgIpc) is 3.56. The normalized spacial score (nSPS) is 20.2. The van der Waals surface area contributed by atoms with E-state index in [4.69, 9.17) is 23.4 Å². The first kappa shape index (κ1) is 19.8. The van der Waals surface area contributed by atoms with Crippen LogP contribution in [0.25, 0.3) is 0 Å². The van der Waals surface area contributed by atoms with Gasteiger partial charge < -0.3 is 28.3 Å². The monoisotopic (exact) mass is 459 g/mol. The van der Waals surface area contributed by atoms with Crippen LogP contribution in [-0.2, 0) is 22.9 Å². The van der Waals surface area contributed by atoms with Gasteiger partial charge in [-0.1, -0.05) is 6.07 Å². The average molecular weight is 459 g/mol. The van der Waals surface area contributed by atoms with Crippen molar-refractivity contribution in [1.82, 2.24) is 0 Å². The molecule has 0 N–H and O–H groups in total. The summed E-state index contributed by atoms with van der Waals surface area (Å²) in [6.45, 7) is -0.123. The number of amides is 1. The third-order valence-corrected chi connectivity index (χ3v) is 6.19. The number of alkyl halides is 3. The Morgan fingerprint density at radius 1 is 1.06 bits per heavy atom. The lowest BCUT2D eigenvalue weighted by Gasteiger charge is -2.23. The van der Waals surface area contributed by atoms with Gasteiger partial charge in [-0.3, -0.25) is 4.79 Å². The number of ether oxygens (including phenoxy) is 4. The van der Waals surface area contributed by atoms with Gasteiger partial charge in [0, 0.05) is 17.2 Å². The first-order chi connectivity index (χ1) is 15.8. The molecule has 1 unspecified atom stereocenters. The fourth-order valence-electron chi connectivity index (χ4n) is 4.74. The van der Waals surface area contributed by atoms with Crippen LogP contribution < -0.4 is 23.8 Å². The topological polar surface area (TPSA) is 70.4 Å². The number of rotatable bonds is 3. The number of halogens is 3. The molecule has 0 bridgehead atoms. The smallest absolute Gasteiger partial charge is 0.449 e. The summed E-state index contributed by atoms with van der Waals surface area (Å²) < 4.78 is 66.5. The van der Waals surface area contributed by atoms with Crippen molar-refractivity contribution < 1.29 is 41.3 Å². The molecule has 7 nitrogen and oxygen atoms in total. The van der Waals surface area contributed by atoms with Crippen molar-refractivity contribution >= 4 is 11.6 Å². The molecule has 10 heteroatoms. The predicted molar refractivity (Wildman–Crippen MR) is 107 cm³/mol. The Morgan fingerprint density at radius 3 is 2.58 bits per heavy atom. The molecule has 6 rings (SSSR count). The summed E-state index contributed by atoms with van der Waals surface area (Å²) in [4.78, 5) is 15.4. The maximum Gasteiger partial charge on any atom is 0.449 e. The van der Waals surface area contributed by atoms with Gasteiger partial charge >= 0.3 is 6.18 Å². The van der Waals surface area contributed by atoms with Crippen LogP contribution in [0.4, 0.5) is 18.9 Å². The number of furan rings is 1. The summed E-state index contributed by atoms with van der Waals surface area (Å²) in [7, 11) is 1.49. The SMILES string of the molecule is COc1cccc2c1C1(COc3cc4c(cc31)OCO4)C(=O)N2Cc1ccc(C(F)(F)F)o1. The molecule has 1 amide bonds. The third kappa shape index (κ3) is 2.66. The highest BCUT2D eigenvalue weighted by atomic mass is 19.4. The molecule has 0 saturated heterocycles. The lowest BCUT2D eigenvalue weighted by Crippen LogP contribution is -2.42. The van der Waals surface area contributed by atoms with Gasteiger partial charge in [0.05, 0.1) is 19.3 Å². The van der Waals surface area contributed by atoms with Crippen molar-refractivity contribution in [2.45, 2.75) is 18.1 Å². The Labute approximate surface area is 185 Å². The summed E-state index contributed by atoms with van der Waals surface area (Å²) in [5.74, 6) is 0.477. The Balaban J connectivity index is 1.49. The molecule has 0 saturated carbocycles. The fraction of sp³-hybridized carbons (Fsp3) is 0.261. The van der Waals surface area contributed by atoms with Crippen molar-refractivity contribution in [3.05, 3.63) is 65.1 Å². The summed E-state index contributed by atoms with van der Waals surface area (Å²) in [5, 5.41) is 0. The molecule has 3 aliphatic rings. The Kier molecular flexibility index (Phi) is 3.96. The molecule has 3 aliphatic heterocycles. The van der Waals surface area contributed by atoms with Crippen LogP contribution in [0.2, 0.25) is 0 Å². The van der Waals surface area contributed by atoms with Crippen LogP contribution in [0.15, 0.2) is 46.9 Å². The number of carbonyl (C=O) groups is 1. The van der Waals surface area contributed by atoms with Gasteiger partial charge in [-0.25, -0.2) is 0 Å². The molecule has 1 atom stereocenters. The minimum Gasteiger partial charge on any atom is -0.496 e. The zero-order valence-corrected chi connectivity index (χ0v) is 17.2. The highest BCUT2D eigenvalue weighted by molar-refractivity contribution is 6.12. The summed E-state index contributed by atoms with van der Waals surface area (Å²) >= 11 is 0. The molecule has 1 aromatic heterocycles. The van der Waals surface area contributed by atoms with Crippen molar-refractivity contribution in [2.75, 3.05) is 25.4 Å². The molecule has 33 heavy (non-hydrogen) atoms. The van der Waals surface area contributed by atoms with Crippen LogP contribution in [0.5, 0.6) is 23.0 Å². The molecule has 0 fully saturated rings. The second-order valence-corrected chi connectivity index (χ2v) is 7.91. The standard InChI is InChI=1S/C23H16F3NO6/c1-29-15-4-2-3-14-20(15)22(10-30-16-8-18-17(7-13(16)22)31-11-32-18)21(28)27(14)9-12-5-6-19(33-12)23(24,25)26/h2-8H,9-11H2,1H3. The van der Waals surface area contributed by atoms with Crippen LogP contribution >= 0.6 is 0 Å². The number of anilines is 1. The molecule has 0 aliphatic carbocycles. The van der Waals surface area contributed by atoms with Crippen molar-refractivity contribution in [3.8, 4) is 23.0 Å². The van der Waals surface area contributed by atoms with Crippen LogP contribution in [0.1, 0.15) is 22.6 Å².